The fraction of sp³-hybridized carbons (Fsp3) is 0. The van der Waals surface area contributed by atoms with Crippen molar-refractivity contribution < 1.29 is 31.5 Å². The maximum absolute atomic E-state index is 9.69. The van der Waals surface area contributed by atoms with Crippen LogP contribution in [-0.2, 0) is 0 Å². The number of hydrogen-bond donors (Lipinski definition) is 1. The Morgan fingerprint density at radius 2 is 1.40 bits per heavy atom. The lowest BCUT2D eigenvalue weighted by Gasteiger charge is -1.83. The maximum atomic E-state index is 9.69. The predicted octanol–water partition coefficient (Wildman–Crippen LogP) is -3.86. The molecule has 5 heteroatoms. The van der Waals surface area contributed by atoms with Crippen molar-refractivity contribution in [1.29, 1.82) is 0 Å². The first kappa shape index (κ1) is 8.98. The average Bonchev–Trinajstić information content (AvgIpc) is 0.811. The Labute approximate surface area is 37.6 Å². The third kappa shape index (κ3) is 322. The van der Waals surface area contributed by atoms with E-state index < -0.39 is 5.51 Å². The largest absolute Gasteiger partial charge is 1.00 e. The van der Waals surface area contributed by atoms with Gasteiger partial charge < -0.3 is 22.2 Å². The molecule has 0 aromatic carbocycles. The van der Waals surface area contributed by atoms with Gasteiger partial charge in [-0.25, -0.2) is 0 Å². The third-order valence-corrected chi connectivity index (χ3v) is 0. The SMILES string of the molecule is [Br-].[O-][NH+](F)F. The summed E-state index contributed by atoms with van der Waals surface area (Å²) in [5.74, 6) is 0. The number of nitrogens with one attached hydrogen (secondary N) is 1. The minimum absolute atomic E-state index is 0. The zero-order valence-electron chi connectivity index (χ0n) is 2.04. The van der Waals surface area contributed by atoms with Crippen molar-refractivity contribution in [2.24, 2.45) is 0 Å². The van der Waals surface area contributed by atoms with Crippen LogP contribution in [0, 0.1) is 5.21 Å². The lowest BCUT2D eigenvalue weighted by Crippen LogP contribution is -3.00. The van der Waals surface area contributed by atoms with Crippen LogP contribution in [0.25, 0.3) is 0 Å². The van der Waals surface area contributed by atoms with Gasteiger partial charge in [0, 0.05) is 14.5 Å². The zero-order valence-corrected chi connectivity index (χ0v) is 3.63. The summed E-state index contributed by atoms with van der Waals surface area (Å²) in [7, 11) is 0. The molecular formula is HBrF2NO-. The van der Waals surface area contributed by atoms with Crippen LogP contribution in [0.15, 0.2) is 0 Å². The van der Waals surface area contributed by atoms with Crippen molar-refractivity contribution in [2.45, 2.75) is 0 Å². The molecule has 0 aromatic rings. The topological polar surface area (TPSA) is 27.5 Å². The summed E-state index contributed by atoms with van der Waals surface area (Å²) in [5.41, 5.74) is -2.83. The second-order valence-corrected chi connectivity index (χ2v) is 0.226. The summed E-state index contributed by atoms with van der Waals surface area (Å²) >= 11 is 0. The molecule has 5 heavy (non-hydrogen) atoms. The van der Waals surface area contributed by atoms with Gasteiger partial charge in [-0.05, 0) is 0 Å². The van der Waals surface area contributed by atoms with Gasteiger partial charge in [-0.3, -0.25) is 0 Å². The molecule has 2 nitrogen and oxygen atoms in total. The van der Waals surface area contributed by atoms with E-state index in [9.17, 15) is 8.96 Å². The standard InChI is InChI=1S/BrH.F2HNO/c;1-3(2)4/h1H;3H/p-1. The Morgan fingerprint density at radius 3 is 1.40 bits per heavy atom. The molecule has 0 saturated carbocycles. The van der Waals surface area contributed by atoms with Gasteiger partial charge in [-0.15, -0.1) is 0 Å². The molecule has 0 bridgehead atoms. The van der Waals surface area contributed by atoms with E-state index in [0.717, 1.165) is 0 Å². The number of quaternary nitrogens is 1. The minimum atomic E-state index is -2.83. The summed E-state index contributed by atoms with van der Waals surface area (Å²) in [6.45, 7) is 0. The van der Waals surface area contributed by atoms with Crippen molar-refractivity contribution in [3.63, 3.8) is 0 Å². The number of hydrogen-bond acceptors (Lipinski definition) is 1. The van der Waals surface area contributed by atoms with Crippen molar-refractivity contribution in [1.82, 2.24) is 0 Å². The van der Waals surface area contributed by atoms with Crippen molar-refractivity contribution in [3.8, 4) is 0 Å². The van der Waals surface area contributed by atoms with Crippen LogP contribution < -0.4 is 22.5 Å². The molecule has 0 heterocycles. The molecule has 0 spiro atoms. The second-order valence-electron chi connectivity index (χ2n) is 0.226. The molecular weight excluding hydrogens is 148 g/mol. The van der Waals surface area contributed by atoms with Crippen molar-refractivity contribution >= 4 is 0 Å². The molecule has 0 aromatic heterocycles. The molecule has 0 radical (unpaired) electrons. The fourth-order valence-corrected chi connectivity index (χ4v) is 0. The molecule has 0 fully saturated rings. The monoisotopic (exact) mass is 148 g/mol. The van der Waals surface area contributed by atoms with Crippen LogP contribution in [0.5, 0.6) is 0 Å². The van der Waals surface area contributed by atoms with Gasteiger partial charge in [-0.2, -0.15) is 0 Å². The lowest BCUT2D eigenvalue weighted by molar-refractivity contribution is -1.12. The van der Waals surface area contributed by atoms with Crippen LogP contribution in [0.1, 0.15) is 0 Å². The highest BCUT2D eigenvalue weighted by molar-refractivity contribution is 3.71. The smallest absolute Gasteiger partial charge is 0.0414 e. The summed E-state index contributed by atoms with van der Waals surface area (Å²) in [4.78, 5) is 0. The van der Waals surface area contributed by atoms with E-state index in [2.05, 4.69) is 0 Å². The highest BCUT2D eigenvalue weighted by atomic mass is 79.9. The van der Waals surface area contributed by atoms with E-state index in [4.69, 9.17) is 5.21 Å². The van der Waals surface area contributed by atoms with Gasteiger partial charge in [0.25, 0.3) is 0 Å². The second kappa shape index (κ2) is 4.26. The van der Waals surface area contributed by atoms with Gasteiger partial charge in [0.15, 0.2) is 0 Å². The first-order chi connectivity index (χ1) is 1.73. The van der Waals surface area contributed by atoms with Gasteiger partial charge in [0.2, 0.25) is 0 Å². The van der Waals surface area contributed by atoms with E-state index in [1.807, 2.05) is 0 Å². The third-order valence-electron chi connectivity index (χ3n) is 0. The highest BCUT2D eigenvalue weighted by Crippen LogP contribution is 1.26. The van der Waals surface area contributed by atoms with E-state index >= 15 is 0 Å². The van der Waals surface area contributed by atoms with Gasteiger partial charge >= 0.3 is 0 Å². The first-order valence-electron chi connectivity index (χ1n) is 0.582. The lowest BCUT2D eigenvalue weighted by atomic mass is 13.3. The molecule has 34 valence electrons. The van der Waals surface area contributed by atoms with E-state index in [-0.39, 0.29) is 17.0 Å². The maximum Gasteiger partial charge on any atom is 0.0414 e. The number of halogens is 3. The molecule has 0 saturated heterocycles. The summed E-state index contributed by atoms with van der Waals surface area (Å²) in [6, 6.07) is 0. The molecule has 0 aliphatic carbocycles. The molecule has 0 rings (SSSR count). The van der Waals surface area contributed by atoms with Crippen molar-refractivity contribution in [2.75, 3.05) is 0 Å². The Hall–Kier alpha value is 0.260. The quantitative estimate of drug-likeness (QED) is 0.277. The molecule has 1 N–H and O–H groups in total. The zero-order chi connectivity index (χ0) is 3.58. The van der Waals surface area contributed by atoms with E-state index in [1.54, 1.807) is 0 Å². The van der Waals surface area contributed by atoms with Crippen LogP contribution >= 0.6 is 0 Å². The Kier molecular flexibility index (Phi) is 7.65. The fourth-order valence-electron chi connectivity index (χ4n) is 0. The normalized spacial score (nSPS) is 7.20. The molecule has 0 aliphatic rings. The molecule has 0 atom stereocenters. The van der Waals surface area contributed by atoms with Crippen LogP contribution in [0.4, 0.5) is 8.96 Å². The summed E-state index contributed by atoms with van der Waals surface area (Å²) in [6.07, 6.45) is 0. The Balaban J connectivity index is 0. The Morgan fingerprint density at radius 1 is 1.40 bits per heavy atom. The van der Waals surface area contributed by atoms with Crippen molar-refractivity contribution in [3.05, 3.63) is 5.21 Å². The van der Waals surface area contributed by atoms with Gasteiger partial charge in [0.05, 0.1) is 0 Å². The minimum Gasteiger partial charge on any atom is -1.00 e. The molecule has 0 amide bonds. The average molecular weight is 149 g/mol. The van der Waals surface area contributed by atoms with Crippen LogP contribution in [0.2, 0.25) is 0 Å². The van der Waals surface area contributed by atoms with Crippen LogP contribution in [-0.4, -0.2) is 0 Å². The first-order valence-corrected chi connectivity index (χ1v) is 0.582. The molecule has 0 aliphatic heterocycles. The van der Waals surface area contributed by atoms with E-state index in [0.29, 0.717) is 0 Å². The predicted molar refractivity (Wildman–Crippen MR) is 6.55 cm³/mol. The van der Waals surface area contributed by atoms with Gasteiger partial charge in [0.1, 0.15) is 0 Å². The summed E-state index contributed by atoms with van der Waals surface area (Å²) in [5, 5.41) is 8.11. The number of rotatable bonds is 0. The van der Waals surface area contributed by atoms with E-state index in [1.165, 1.54) is 0 Å². The highest BCUT2D eigenvalue weighted by Gasteiger charge is 1.69. The van der Waals surface area contributed by atoms with Gasteiger partial charge in [-0.1, -0.05) is 0 Å². The van der Waals surface area contributed by atoms with Crippen LogP contribution in [0.3, 0.4) is 0 Å². The Bertz CT molecular complexity index is 14.4. The summed E-state index contributed by atoms with van der Waals surface area (Å²) < 4.78 is 19.4. The molecule has 0 unspecified atom stereocenters.